The molecule has 5 heteroatoms. The maximum Gasteiger partial charge on any atom is 0.258 e. The van der Waals surface area contributed by atoms with Gasteiger partial charge in [-0.2, -0.15) is 0 Å². The smallest absolute Gasteiger partial charge is 0.258 e. The van der Waals surface area contributed by atoms with Gasteiger partial charge >= 0.3 is 0 Å². The Hall–Kier alpha value is -2.20. The predicted octanol–water partition coefficient (Wildman–Crippen LogP) is 3.61. The van der Waals surface area contributed by atoms with E-state index in [1.54, 1.807) is 24.3 Å². The van der Waals surface area contributed by atoms with Crippen molar-refractivity contribution in [2.75, 3.05) is 13.2 Å². The second-order valence-corrected chi connectivity index (χ2v) is 5.78. The Balaban J connectivity index is 1.70. The van der Waals surface area contributed by atoms with Gasteiger partial charge in [-0.3, -0.25) is 4.79 Å². The molecule has 0 aliphatic rings. The second kappa shape index (κ2) is 8.44. The molecule has 0 spiro atoms. The molecule has 0 fully saturated rings. The van der Waals surface area contributed by atoms with Gasteiger partial charge in [-0.1, -0.05) is 35.4 Å². The number of benzene rings is 2. The Morgan fingerprint density at radius 1 is 1.13 bits per heavy atom. The molecule has 23 heavy (non-hydrogen) atoms. The number of rotatable bonds is 7. The lowest BCUT2D eigenvalue weighted by atomic mass is 10.2. The maximum absolute atomic E-state index is 11.8. The van der Waals surface area contributed by atoms with Gasteiger partial charge in [-0.25, -0.2) is 0 Å². The highest BCUT2D eigenvalue weighted by Crippen LogP contribution is 2.16. The summed E-state index contributed by atoms with van der Waals surface area (Å²) >= 11 is 5.86. The number of carbonyl (C=O) groups is 1. The third kappa shape index (κ3) is 6.20. The molecule has 0 saturated heterocycles. The van der Waals surface area contributed by atoms with Crippen LogP contribution in [0.25, 0.3) is 0 Å². The lowest BCUT2D eigenvalue weighted by Crippen LogP contribution is -2.39. The van der Waals surface area contributed by atoms with Crippen LogP contribution in [0.15, 0.2) is 48.5 Å². The first-order valence-corrected chi connectivity index (χ1v) is 7.78. The van der Waals surface area contributed by atoms with Crippen LogP contribution >= 0.6 is 11.6 Å². The minimum Gasteiger partial charge on any atom is -0.491 e. The Bertz CT molecular complexity index is 643. The van der Waals surface area contributed by atoms with Crippen molar-refractivity contribution in [2.45, 2.75) is 19.9 Å². The van der Waals surface area contributed by atoms with Crippen molar-refractivity contribution < 1.29 is 14.3 Å². The third-order valence-corrected chi connectivity index (χ3v) is 3.33. The van der Waals surface area contributed by atoms with E-state index in [0.29, 0.717) is 17.4 Å². The fraction of sp³-hybridized carbons (Fsp3) is 0.278. The molecule has 2 aromatic rings. The minimum absolute atomic E-state index is 0.0603. The molecule has 2 rings (SSSR count). The molecular weight excluding hydrogens is 314 g/mol. The van der Waals surface area contributed by atoms with Crippen LogP contribution in [0.3, 0.4) is 0 Å². The van der Waals surface area contributed by atoms with Crippen LogP contribution in [-0.2, 0) is 4.79 Å². The predicted molar refractivity (Wildman–Crippen MR) is 91.2 cm³/mol. The van der Waals surface area contributed by atoms with Gasteiger partial charge in [0.15, 0.2) is 6.61 Å². The molecule has 0 heterocycles. The van der Waals surface area contributed by atoms with E-state index in [2.05, 4.69) is 5.32 Å². The van der Waals surface area contributed by atoms with Crippen molar-refractivity contribution in [1.82, 2.24) is 5.32 Å². The molecule has 0 unspecified atom stereocenters. The topological polar surface area (TPSA) is 47.6 Å². The normalized spacial score (nSPS) is 11.6. The SMILES string of the molecule is Cc1ccc(OC[C@@H](C)NC(=O)COc2cccc(Cl)c2)cc1. The molecule has 1 atom stereocenters. The van der Waals surface area contributed by atoms with E-state index in [0.717, 1.165) is 5.75 Å². The molecule has 0 radical (unpaired) electrons. The van der Waals surface area contributed by atoms with Gasteiger partial charge in [-0.05, 0) is 44.2 Å². The summed E-state index contributed by atoms with van der Waals surface area (Å²) in [6.07, 6.45) is 0. The lowest BCUT2D eigenvalue weighted by molar-refractivity contribution is -0.123. The highest BCUT2D eigenvalue weighted by Gasteiger charge is 2.09. The van der Waals surface area contributed by atoms with Crippen LogP contribution in [0.4, 0.5) is 0 Å². The summed E-state index contributed by atoms with van der Waals surface area (Å²) in [5, 5.41) is 3.40. The first-order valence-electron chi connectivity index (χ1n) is 7.40. The largest absolute Gasteiger partial charge is 0.491 e. The molecule has 1 amide bonds. The van der Waals surface area contributed by atoms with Gasteiger partial charge in [0.25, 0.3) is 5.91 Å². The molecule has 122 valence electrons. The van der Waals surface area contributed by atoms with Crippen molar-refractivity contribution in [1.29, 1.82) is 0 Å². The van der Waals surface area contributed by atoms with Gasteiger partial charge in [0.2, 0.25) is 0 Å². The molecule has 1 N–H and O–H groups in total. The van der Waals surface area contributed by atoms with E-state index >= 15 is 0 Å². The molecule has 4 nitrogen and oxygen atoms in total. The number of hydrogen-bond acceptors (Lipinski definition) is 3. The molecular formula is C18H20ClNO3. The van der Waals surface area contributed by atoms with Gasteiger partial charge in [0.05, 0.1) is 6.04 Å². The average Bonchev–Trinajstić information content (AvgIpc) is 2.52. The van der Waals surface area contributed by atoms with E-state index in [1.807, 2.05) is 38.1 Å². The van der Waals surface area contributed by atoms with Gasteiger partial charge in [0.1, 0.15) is 18.1 Å². The zero-order valence-corrected chi connectivity index (χ0v) is 14.0. The van der Waals surface area contributed by atoms with Crippen molar-refractivity contribution in [3.05, 3.63) is 59.1 Å². The highest BCUT2D eigenvalue weighted by atomic mass is 35.5. The van der Waals surface area contributed by atoms with Crippen molar-refractivity contribution in [3.8, 4) is 11.5 Å². The van der Waals surface area contributed by atoms with E-state index < -0.39 is 0 Å². The van der Waals surface area contributed by atoms with Gasteiger partial charge < -0.3 is 14.8 Å². The Morgan fingerprint density at radius 3 is 2.57 bits per heavy atom. The lowest BCUT2D eigenvalue weighted by Gasteiger charge is -2.15. The van der Waals surface area contributed by atoms with E-state index in [9.17, 15) is 4.79 Å². The summed E-state index contributed by atoms with van der Waals surface area (Å²) < 4.78 is 11.0. The fourth-order valence-corrected chi connectivity index (χ4v) is 2.10. The third-order valence-electron chi connectivity index (χ3n) is 3.09. The van der Waals surface area contributed by atoms with Crippen LogP contribution in [-0.4, -0.2) is 25.2 Å². The molecule has 0 aliphatic carbocycles. The Labute approximate surface area is 141 Å². The summed E-state index contributed by atoms with van der Waals surface area (Å²) in [6, 6.07) is 14.6. The number of nitrogens with one attached hydrogen (secondary N) is 1. The molecule has 2 aromatic carbocycles. The van der Waals surface area contributed by atoms with E-state index in [4.69, 9.17) is 21.1 Å². The summed E-state index contributed by atoms with van der Waals surface area (Å²) in [6.45, 7) is 4.24. The van der Waals surface area contributed by atoms with Crippen LogP contribution in [0.2, 0.25) is 5.02 Å². The highest BCUT2D eigenvalue weighted by molar-refractivity contribution is 6.30. The number of aryl methyl sites for hydroxylation is 1. The number of ether oxygens (including phenoxy) is 2. The summed E-state index contributed by atoms with van der Waals surface area (Å²) in [7, 11) is 0. The van der Waals surface area contributed by atoms with Gasteiger partial charge in [-0.15, -0.1) is 0 Å². The summed E-state index contributed by atoms with van der Waals surface area (Å²) in [5.74, 6) is 1.15. The number of hydrogen-bond donors (Lipinski definition) is 1. The quantitative estimate of drug-likeness (QED) is 0.842. The molecule has 0 aliphatic heterocycles. The van der Waals surface area contributed by atoms with Gasteiger partial charge in [0, 0.05) is 5.02 Å². The van der Waals surface area contributed by atoms with Crippen molar-refractivity contribution in [2.24, 2.45) is 0 Å². The Morgan fingerprint density at radius 2 is 1.87 bits per heavy atom. The monoisotopic (exact) mass is 333 g/mol. The molecule has 0 aromatic heterocycles. The van der Waals surface area contributed by atoms with E-state index in [-0.39, 0.29) is 18.6 Å². The number of halogens is 1. The van der Waals surface area contributed by atoms with E-state index in [1.165, 1.54) is 5.56 Å². The average molecular weight is 334 g/mol. The zero-order valence-electron chi connectivity index (χ0n) is 13.2. The molecule has 0 saturated carbocycles. The van der Waals surface area contributed by atoms with Crippen molar-refractivity contribution in [3.63, 3.8) is 0 Å². The molecule has 0 bridgehead atoms. The maximum atomic E-state index is 11.8. The second-order valence-electron chi connectivity index (χ2n) is 5.34. The number of carbonyl (C=O) groups excluding carboxylic acids is 1. The Kier molecular flexibility index (Phi) is 6.29. The van der Waals surface area contributed by atoms with Crippen LogP contribution in [0.5, 0.6) is 11.5 Å². The first kappa shape index (κ1) is 17.2. The first-order chi connectivity index (χ1) is 11.0. The summed E-state index contributed by atoms with van der Waals surface area (Å²) in [5.41, 5.74) is 1.18. The van der Waals surface area contributed by atoms with Crippen LogP contribution in [0, 0.1) is 6.92 Å². The minimum atomic E-state index is -0.204. The van der Waals surface area contributed by atoms with Crippen LogP contribution in [0.1, 0.15) is 12.5 Å². The zero-order chi connectivity index (χ0) is 16.7. The summed E-state index contributed by atoms with van der Waals surface area (Å²) in [4.78, 5) is 11.8. The number of amides is 1. The standard InChI is InChI=1S/C18H20ClNO3/c1-13-6-8-16(9-7-13)22-11-14(2)20-18(21)12-23-17-5-3-4-15(19)10-17/h3-10,14H,11-12H2,1-2H3,(H,20,21)/t14-/m1/s1. The van der Waals surface area contributed by atoms with Crippen LogP contribution < -0.4 is 14.8 Å². The fourth-order valence-electron chi connectivity index (χ4n) is 1.92. The van der Waals surface area contributed by atoms with Crippen molar-refractivity contribution >= 4 is 17.5 Å².